The van der Waals surface area contributed by atoms with Gasteiger partial charge in [0, 0.05) is 0 Å². The maximum atomic E-state index is 10.2. The third-order valence-electron chi connectivity index (χ3n) is 3.33. The Bertz CT molecular complexity index is 318. The molecule has 1 aromatic rings. The van der Waals surface area contributed by atoms with Gasteiger partial charge < -0.3 is 10.2 Å². The maximum absolute atomic E-state index is 10.2. The lowest BCUT2D eigenvalue weighted by atomic mass is 9.87. The quantitative estimate of drug-likeness (QED) is 0.786. The molecule has 2 heteroatoms. The highest BCUT2D eigenvalue weighted by Gasteiger charge is 2.18. The van der Waals surface area contributed by atoms with Gasteiger partial charge in [-0.3, -0.25) is 0 Å². The van der Waals surface area contributed by atoms with Gasteiger partial charge in [-0.15, -0.1) is 0 Å². The van der Waals surface area contributed by atoms with E-state index in [1.165, 1.54) is 12.8 Å². The Morgan fingerprint density at radius 1 is 1.12 bits per heavy atom. The molecule has 0 saturated heterocycles. The molecule has 3 unspecified atom stereocenters. The van der Waals surface area contributed by atoms with Crippen LogP contribution >= 0.6 is 0 Å². The van der Waals surface area contributed by atoms with Gasteiger partial charge in [-0.2, -0.15) is 0 Å². The van der Waals surface area contributed by atoms with E-state index in [4.69, 9.17) is 0 Å². The van der Waals surface area contributed by atoms with Crippen molar-refractivity contribution in [2.45, 2.75) is 46.1 Å². The van der Waals surface area contributed by atoms with Crippen LogP contribution in [0, 0.1) is 11.8 Å². The number of aliphatic hydroxyl groups is 1. The minimum atomic E-state index is -0.435. The molecule has 0 aliphatic heterocycles. The number of phenolic OH excluding ortho intramolecular Hbond substituents is 1. The average molecular weight is 236 g/mol. The first-order chi connectivity index (χ1) is 8.04. The summed E-state index contributed by atoms with van der Waals surface area (Å²) in [5.41, 5.74) is 0.888. The van der Waals surface area contributed by atoms with Gasteiger partial charge in [0.15, 0.2) is 0 Å². The van der Waals surface area contributed by atoms with E-state index < -0.39 is 6.10 Å². The van der Waals surface area contributed by atoms with Crippen LogP contribution in [-0.2, 0) is 0 Å². The first-order valence-electron chi connectivity index (χ1n) is 6.51. The number of aliphatic hydroxyl groups excluding tert-OH is 1. The van der Waals surface area contributed by atoms with Crippen LogP contribution < -0.4 is 0 Å². The van der Waals surface area contributed by atoms with E-state index in [1.54, 1.807) is 24.3 Å². The van der Waals surface area contributed by atoms with Crippen molar-refractivity contribution < 1.29 is 10.2 Å². The van der Waals surface area contributed by atoms with Crippen LogP contribution in [0.1, 0.15) is 51.7 Å². The van der Waals surface area contributed by atoms with E-state index in [0.29, 0.717) is 5.92 Å². The Morgan fingerprint density at radius 3 is 2.24 bits per heavy atom. The number of rotatable bonds is 6. The highest BCUT2D eigenvalue weighted by molar-refractivity contribution is 5.27. The van der Waals surface area contributed by atoms with Gasteiger partial charge in [0.1, 0.15) is 5.75 Å². The van der Waals surface area contributed by atoms with Crippen LogP contribution in [0.15, 0.2) is 24.3 Å². The van der Waals surface area contributed by atoms with E-state index in [9.17, 15) is 10.2 Å². The monoisotopic (exact) mass is 236 g/mol. The lowest BCUT2D eigenvalue weighted by Gasteiger charge is -2.22. The number of phenols is 1. The summed E-state index contributed by atoms with van der Waals surface area (Å²) in [6.07, 6.45) is 3.01. The molecule has 1 aromatic carbocycles. The Morgan fingerprint density at radius 2 is 1.71 bits per heavy atom. The van der Waals surface area contributed by atoms with Crippen LogP contribution in [0.4, 0.5) is 0 Å². The normalized spacial score (nSPS) is 16.5. The van der Waals surface area contributed by atoms with Crippen molar-refractivity contribution in [3.05, 3.63) is 29.8 Å². The van der Waals surface area contributed by atoms with Crippen molar-refractivity contribution in [2.24, 2.45) is 11.8 Å². The average Bonchev–Trinajstić information content (AvgIpc) is 2.29. The first-order valence-corrected chi connectivity index (χ1v) is 6.51. The standard InChI is InChI=1S/C15H24O2/c1-4-5-11(2)10-12(3)15(17)13-6-8-14(16)9-7-13/h6-9,11-12,15-17H,4-5,10H2,1-3H3. The Hall–Kier alpha value is -1.02. The fraction of sp³-hybridized carbons (Fsp3) is 0.600. The molecule has 2 N–H and O–H groups in total. The summed E-state index contributed by atoms with van der Waals surface area (Å²) < 4.78 is 0. The SMILES string of the molecule is CCCC(C)CC(C)C(O)c1ccc(O)cc1. The zero-order valence-corrected chi connectivity index (χ0v) is 11.1. The highest BCUT2D eigenvalue weighted by Crippen LogP contribution is 2.29. The molecular formula is C15H24O2. The van der Waals surface area contributed by atoms with Crippen molar-refractivity contribution in [2.75, 3.05) is 0 Å². The molecule has 3 atom stereocenters. The number of hydrogen-bond acceptors (Lipinski definition) is 2. The summed E-state index contributed by atoms with van der Waals surface area (Å²) in [5.74, 6) is 1.15. The van der Waals surface area contributed by atoms with Crippen molar-refractivity contribution >= 4 is 0 Å². The second-order valence-corrected chi connectivity index (χ2v) is 5.14. The molecule has 1 rings (SSSR count). The number of benzene rings is 1. The molecule has 0 spiro atoms. The summed E-state index contributed by atoms with van der Waals surface area (Å²) in [7, 11) is 0. The number of aromatic hydroxyl groups is 1. The molecule has 0 heterocycles. The predicted molar refractivity (Wildman–Crippen MR) is 70.9 cm³/mol. The zero-order valence-electron chi connectivity index (χ0n) is 11.1. The Labute approximate surface area is 104 Å². The van der Waals surface area contributed by atoms with Gasteiger partial charge in [0.05, 0.1) is 6.10 Å². The Kier molecular flexibility index (Phi) is 5.49. The van der Waals surface area contributed by atoms with Gasteiger partial charge in [0.2, 0.25) is 0 Å². The summed E-state index contributed by atoms with van der Waals surface area (Å²) >= 11 is 0. The molecule has 17 heavy (non-hydrogen) atoms. The zero-order chi connectivity index (χ0) is 12.8. The second kappa shape index (κ2) is 6.65. The fourth-order valence-corrected chi connectivity index (χ4v) is 2.37. The molecule has 0 aliphatic rings. The molecule has 0 radical (unpaired) electrons. The van der Waals surface area contributed by atoms with Crippen molar-refractivity contribution in [1.29, 1.82) is 0 Å². The van der Waals surface area contributed by atoms with Crippen molar-refractivity contribution in [1.82, 2.24) is 0 Å². The smallest absolute Gasteiger partial charge is 0.115 e. The molecule has 0 bridgehead atoms. The minimum Gasteiger partial charge on any atom is -0.508 e. The van der Waals surface area contributed by atoms with Gasteiger partial charge >= 0.3 is 0 Å². The highest BCUT2D eigenvalue weighted by atomic mass is 16.3. The van der Waals surface area contributed by atoms with Gasteiger partial charge in [-0.25, -0.2) is 0 Å². The maximum Gasteiger partial charge on any atom is 0.115 e. The minimum absolute atomic E-state index is 0.243. The molecule has 0 amide bonds. The second-order valence-electron chi connectivity index (χ2n) is 5.14. The van der Waals surface area contributed by atoms with Crippen LogP contribution in [0.3, 0.4) is 0 Å². The van der Waals surface area contributed by atoms with Gasteiger partial charge in [-0.1, -0.05) is 45.7 Å². The van der Waals surface area contributed by atoms with E-state index in [-0.39, 0.29) is 11.7 Å². The molecule has 0 fully saturated rings. The Balaban J connectivity index is 2.56. The van der Waals surface area contributed by atoms with E-state index in [1.807, 2.05) is 0 Å². The molecule has 2 nitrogen and oxygen atoms in total. The lowest BCUT2D eigenvalue weighted by molar-refractivity contribution is 0.103. The van der Waals surface area contributed by atoms with Crippen LogP contribution in [-0.4, -0.2) is 10.2 Å². The summed E-state index contributed by atoms with van der Waals surface area (Å²) in [4.78, 5) is 0. The number of hydrogen-bond donors (Lipinski definition) is 2. The van der Waals surface area contributed by atoms with Crippen molar-refractivity contribution in [3.63, 3.8) is 0 Å². The summed E-state index contributed by atoms with van der Waals surface area (Å²) in [6.45, 7) is 6.52. The van der Waals surface area contributed by atoms with Crippen LogP contribution in [0.5, 0.6) is 5.75 Å². The van der Waals surface area contributed by atoms with Gasteiger partial charge in [0.25, 0.3) is 0 Å². The predicted octanol–water partition coefficient (Wildman–Crippen LogP) is 3.89. The summed E-state index contributed by atoms with van der Waals surface area (Å²) in [5, 5.41) is 19.4. The third-order valence-corrected chi connectivity index (χ3v) is 3.33. The topological polar surface area (TPSA) is 40.5 Å². The van der Waals surface area contributed by atoms with Crippen LogP contribution in [0.2, 0.25) is 0 Å². The molecule has 0 saturated carbocycles. The van der Waals surface area contributed by atoms with E-state index >= 15 is 0 Å². The molecule has 96 valence electrons. The molecular weight excluding hydrogens is 212 g/mol. The van der Waals surface area contributed by atoms with E-state index in [0.717, 1.165) is 12.0 Å². The summed E-state index contributed by atoms with van der Waals surface area (Å²) in [6, 6.07) is 6.84. The third kappa shape index (κ3) is 4.39. The molecule has 0 aliphatic carbocycles. The fourth-order valence-electron chi connectivity index (χ4n) is 2.37. The van der Waals surface area contributed by atoms with E-state index in [2.05, 4.69) is 20.8 Å². The lowest BCUT2D eigenvalue weighted by Crippen LogP contribution is -2.12. The largest absolute Gasteiger partial charge is 0.508 e. The molecule has 0 aromatic heterocycles. The van der Waals surface area contributed by atoms with Crippen molar-refractivity contribution in [3.8, 4) is 5.75 Å². The first kappa shape index (κ1) is 14.0. The van der Waals surface area contributed by atoms with Gasteiger partial charge in [-0.05, 0) is 36.0 Å². The van der Waals surface area contributed by atoms with Crippen LogP contribution in [0.25, 0.3) is 0 Å².